The van der Waals surface area contributed by atoms with E-state index < -0.39 is 11.1 Å². The average Bonchev–Trinajstić information content (AvgIpc) is 2.75. The summed E-state index contributed by atoms with van der Waals surface area (Å²) in [5, 5.41) is 5.55. The van der Waals surface area contributed by atoms with Crippen molar-refractivity contribution in [1.29, 1.82) is 0 Å². The third-order valence-corrected chi connectivity index (χ3v) is 3.53. The standard InChI is InChI=1S/C11H7Cl2N3O3/c1-19-9-3(12)2-4-5(7(9)13)6-8(14-4)11(18)16-15-10(6)17/h2,14H,1H3,(H,15,17)(H,16,18). The molecule has 0 amide bonds. The summed E-state index contributed by atoms with van der Waals surface area (Å²) in [6.45, 7) is 0. The van der Waals surface area contributed by atoms with Crippen LogP contribution in [0.3, 0.4) is 0 Å². The van der Waals surface area contributed by atoms with Crippen LogP contribution in [0.2, 0.25) is 10.0 Å². The number of aromatic nitrogens is 3. The number of methoxy groups -OCH3 is 1. The molecule has 0 bridgehead atoms. The van der Waals surface area contributed by atoms with Gasteiger partial charge >= 0.3 is 0 Å². The fourth-order valence-corrected chi connectivity index (χ4v) is 2.79. The molecule has 2 aromatic heterocycles. The van der Waals surface area contributed by atoms with Crippen molar-refractivity contribution in [3.63, 3.8) is 0 Å². The second-order valence-electron chi connectivity index (χ2n) is 3.91. The van der Waals surface area contributed by atoms with Crippen molar-refractivity contribution in [2.45, 2.75) is 0 Å². The van der Waals surface area contributed by atoms with Gasteiger partial charge in [0.2, 0.25) is 0 Å². The van der Waals surface area contributed by atoms with Crippen LogP contribution in [-0.4, -0.2) is 22.3 Å². The van der Waals surface area contributed by atoms with E-state index in [4.69, 9.17) is 27.9 Å². The van der Waals surface area contributed by atoms with E-state index in [1.54, 1.807) is 6.07 Å². The minimum absolute atomic E-state index is 0.143. The molecule has 6 nitrogen and oxygen atoms in total. The Balaban J connectivity index is 2.69. The van der Waals surface area contributed by atoms with Crippen molar-refractivity contribution in [2.24, 2.45) is 0 Å². The molecule has 3 N–H and O–H groups in total. The molecule has 0 fully saturated rings. The second kappa shape index (κ2) is 4.04. The molecule has 0 spiro atoms. The molecule has 0 unspecified atom stereocenters. The van der Waals surface area contributed by atoms with Gasteiger partial charge in [-0.05, 0) is 6.07 Å². The summed E-state index contributed by atoms with van der Waals surface area (Å²) in [5.74, 6) is 0.261. The van der Waals surface area contributed by atoms with E-state index in [9.17, 15) is 9.59 Å². The van der Waals surface area contributed by atoms with Crippen LogP contribution in [0, 0.1) is 0 Å². The molecule has 3 aromatic rings. The summed E-state index contributed by atoms with van der Waals surface area (Å²) in [4.78, 5) is 26.4. The largest absolute Gasteiger partial charge is 0.494 e. The number of ether oxygens (including phenoxy) is 1. The number of hydrogen-bond donors (Lipinski definition) is 3. The quantitative estimate of drug-likeness (QED) is 0.642. The van der Waals surface area contributed by atoms with E-state index in [2.05, 4.69) is 15.2 Å². The number of halogens is 2. The predicted molar refractivity (Wildman–Crippen MR) is 73.6 cm³/mol. The van der Waals surface area contributed by atoms with Gasteiger partial charge in [-0.1, -0.05) is 23.2 Å². The minimum atomic E-state index is -0.452. The number of fused-ring (bicyclic) bond motifs is 3. The predicted octanol–water partition coefficient (Wildman–Crippen LogP) is 2.01. The maximum atomic E-state index is 11.9. The Kier molecular flexibility index (Phi) is 2.58. The van der Waals surface area contributed by atoms with E-state index in [0.717, 1.165) is 0 Å². The number of aromatic amines is 3. The Morgan fingerprint density at radius 2 is 1.79 bits per heavy atom. The van der Waals surface area contributed by atoms with Crippen LogP contribution in [0.5, 0.6) is 5.75 Å². The van der Waals surface area contributed by atoms with Gasteiger partial charge in [0.1, 0.15) is 5.52 Å². The molecule has 0 radical (unpaired) electrons. The van der Waals surface area contributed by atoms with Gasteiger partial charge in [0.15, 0.2) is 5.75 Å². The van der Waals surface area contributed by atoms with Crippen LogP contribution in [0.1, 0.15) is 0 Å². The summed E-state index contributed by atoms with van der Waals surface area (Å²) in [6, 6.07) is 1.56. The number of benzene rings is 1. The molecular weight excluding hydrogens is 293 g/mol. The SMILES string of the molecule is COc1c(Cl)cc2[nH]c3c(=O)[nH][nH]c(=O)c3c2c1Cl. The van der Waals surface area contributed by atoms with Crippen molar-refractivity contribution in [3.8, 4) is 5.75 Å². The zero-order valence-electron chi connectivity index (χ0n) is 9.56. The smallest absolute Gasteiger partial charge is 0.286 e. The Morgan fingerprint density at radius 3 is 2.47 bits per heavy atom. The lowest BCUT2D eigenvalue weighted by atomic mass is 10.2. The zero-order chi connectivity index (χ0) is 13.7. The maximum absolute atomic E-state index is 11.9. The maximum Gasteiger partial charge on any atom is 0.286 e. The molecule has 98 valence electrons. The molecule has 0 atom stereocenters. The monoisotopic (exact) mass is 299 g/mol. The number of rotatable bonds is 1. The van der Waals surface area contributed by atoms with E-state index >= 15 is 0 Å². The van der Waals surface area contributed by atoms with Crippen molar-refractivity contribution >= 4 is 45.0 Å². The molecule has 0 saturated carbocycles. The Labute approximate surface area is 115 Å². The highest BCUT2D eigenvalue weighted by atomic mass is 35.5. The number of hydrogen-bond acceptors (Lipinski definition) is 3. The summed E-state index contributed by atoms with van der Waals surface area (Å²) in [5.41, 5.74) is -0.262. The van der Waals surface area contributed by atoms with Crippen molar-refractivity contribution in [2.75, 3.05) is 7.11 Å². The van der Waals surface area contributed by atoms with E-state index in [1.807, 2.05) is 0 Å². The lowest BCUT2D eigenvalue weighted by Crippen LogP contribution is -2.18. The topological polar surface area (TPSA) is 90.7 Å². The van der Waals surface area contributed by atoms with Crippen LogP contribution in [0.4, 0.5) is 0 Å². The molecule has 0 aliphatic carbocycles. The summed E-state index contributed by atoms with van der Waals surface area (Å²) in [7, 11) is 1.42. The van der Waals surface area contributed by atoms with Crippen LogP contribution in [0.25, 0.3) is 21.8 Å². The van der Waals surface area contributed by atoms with Gasteiger partial charge < -0.3 is 9.72 Å². The fraction of sp³-hybridized carbons (Fsp3) is 0.0909. The average molecular weight is 300 g/mol. The molecule has 2 heterocycles. The Morgan fingerprint density at radius 1 is 1.11 bits per heavy atom. The first-order valence-electron chi connectivity index (χ1n) is 5.23. The molecule has 3 rings (SSSR count). The lowest BCUT2D eigenvalue weighted by Gasteiger charge is -2.06. The molecular formula is C11H7Cl2N3O3. The molecule has 0 aliphatic heterocycles. The summed E-state index contributed by atoms with van der Waals surface area (Å²) >= 11 is 12.2. The van der Waals surface area contributed by atoms with E-state index in [-0.39, 0.29) is 21.7 Å². The molecule has 19 heavy (non-hydrogen) atoms. The molecule has 1 aromatic carbocycles. The van der Waals surface area contributed by atoms with Gasteiger partial charge in [-0.25, -0.2) is 0 Å². The van der Waals surface area contributed by atoms with Gasteiger partial charge in [-0.15, -0.1) is 0 Å². The Bertz CT molecular complexity index is 923. The summed E-state index contributed by atoms with van der Waals surface area (Å²) < 4.78 is 5.10. The van der Waals surface area contributed by atoms with Crippen LogP contribution in [0.15, 0.2) is 15.7 Å². The van der Waals surface area contributed by atoms with Crippen molar-refractivity contribution < 1.29 is 4.74 Å². The third kappa shape index (κ3) is 1.57. The first-order valence-corrected chi connectivity index (χ1v) is 5.98. The lowest BCUT2D eigenvalue weighted by molar-refractivity contribution is 0.416. The number of H-pyrrole nitrogens is 3. The van der Waals surface area contributed by atoms with Gasteiger partial charge in [-0.3, -0.25) is 19.8 Å². The fourth-order valence-electron chi connectivity index (χ4n) is 2.09. The highest BCUT2D eigenvalue weighted by Crippen LogP contribution is 2.40. The number of nitrogens with one attached hydrogen (secondary N) is 3. The highest BCUT2D eigenvalue weighted by Gasteiger charge is 2.19. The van der Waals surface area contributed by atoms with Crippen LogP contribution < -0.4 is 15.9 Å². The summed E-state index contributed by atoms with van der Waals surface area (Å²) in [6.07, 6.45) is 0. The van der Waals surface area contributed by atoms with Crippen LogP contribution >= 0.6 is 23.2 Å². The van der Waals surface area contributed by atoms with Crippen molar-refractivity contribution in [1.82, 2.24) is 15.2 Å². The zero-order valence-corrected chi connectivity index (χ0v) is 11.1. The van der Waals surface area contributed by atoms with E-state index in [1.165, 1.54) is 7.11 Å². The van der Waals surface area contributed by atoms with Crippen LogP contribution in [-0.2, 0) is 0 Å². The first kappa shape index (κ1) is 12.1. The normalized spacial score (nSPS) is 11.3. The molecule has 0 aliphatic rings. The Hall–Kier alpha value is -1.92. The highest BCUT2D eigenvalue weighted by molar-refractivity contribution is 6.42. The molecule has 0 saturated heterocycles. The van der Waals surface area contributed by atoms with Crippen molar-refractivity contribution in [3.05, 3.63) is 36.8 Å². The second-order valence-corrected chi connectivity index (χ2v) is 4.70. The third-order valence-electron chi connectivity index (χ3n) is 2.88. The van der Waals surface area contributed by atoms with Gasteiger partial charge in [0.05, 0.1) is 28.1 Å². The van der Waals surface area contributed by atoms with Gasteiger partial charge in [-0.2, -0.15) is 0 Å². The molecule has 8 heteroatoms. The van der Waals surface area contributed by atoms with E-state index in [0.29, 0.717) is 15.9 Å². The van der Waals surface area contributed by atoms with Gasteiger partial charge in [0, 0.05) is 5.39 Å². The minimum Gasteiger partial charge on any atom is -0.494 e. The van der Waals surface area contributed by atoms with Gasteiger partial charge in [0.25, 0.3) is 11.1 Å². The first-order chi connectivity index (χ1) is 9.04.